The van der Waals surface area contributed by atoms with Crippen molar-refractivity contribution in [3.05, 3.63) is 150 Å². The molecule has 0 radical (unpaired) electrons. The SMILES string of the molecule is CC(=O)NCCCC[C@H](NC(=O)C(C)(C)NC(=O)[C@H](Cc1ccc2ccccc2c1)NC(=O)[C@H](Cc1ccc(OCCN)cc1)NC(=O)[C@@H](NC(=O)[C@H](CCC(N)=O)NC(=O)[C@H](Cc1c[nH]c2ccccc12)NC(=O)[C@@H](NC(=O)[C@H](CC(N)=O)NC(=O)[C@@H](NC(=O)[C@@H](Cc1ccccc1)NC(C)=O)C(C)(C)S)[C@@H](C)O)C(C)(C)S)C(=O)N[C@@H](CC(N)=O)C(=O)N[C@@H](CC(N)=O)C(N)=O. The first-order valence-electron chi connectivity index (χ1n) is 42.7. The minimum Gasteiger partial charge on any atom is -0.492 e. The molecule has 19 amide bonds. The van der Waals surface area contributed by atoms with Gasteiger partial charge in [0.05, 0.1) is 25.4 Å². The number of hydrogen-bond acceptors (Lipinski definition) is 24. The number of amides is 19. The van der Waals surface area contributed by atoms with Crippen LogP contribution < -0.4 is 114 Å². The summed E-state index contributed by atoms with van der Waals surface area (Å²) < 4.78 is 2.62. The van der Waals surface area contributed by atoms with Gasteiger partial charge in [0.1, 0.15) is 90.4 Å². The van der Waals surface area contributed by atoms with Gasteiger partial charge in [0.15, 0.2) is 0 Å². The maximum atomic E-state index is 15.5. The van der Waals surface area contributed by atoms with Crippen molar-refractivity contribution in [1.82, 2.24) is 79.4 Å². The second kappa shape index (κ2) is 50.6. The molecule has 1 heterocycles. The molecule has 28 N–H and O–H groups in total. The summed E-state index contributed by atoms with van der Waals surface area (Å²) in [6, 6.07) is 13.1. The number of nitrogens with one attached hydrogen (secondary N) is 15. The molecule has 133 heavy (non-hydrogen) atoms. The minimum absolute atomic E-state index is 0.0199. The average Bonchev–Trinajstić information content (AvgIpc) is 1.78. The largest absolute Gasteiger partial charge is 0.492 e. The number of para-hydroxylation sites is 1. The normalized spacial score (nSPS) is 14.4. The molecular formula is C89H121N21O21S2. The topological polar surface area (TPSA) is 694 Å². The van der Waals surface area contributed by atoms with E-state index < -0.39 is 238 Å². The van der Waals surface area contributed by atoms with Gasteiger partial charge in [-0.2, -0.15) is 25.3 Å². The van der Waals surface area contributed by atoms with E-state index >= 15 is 24.0 Å². The van der Waals surface area contributed by atoms with Gasteiger partial charge < -0.3 is 124 Å². The molecule has 5 aromatic carbocycles. The lowest BCUT2D eigenvalue weighted by Crippen LogP contribution is -2.65. The maximum absolute atomic E-state index is 15.5. The summed E-state index contributed by atoms with van der Waals surface area (Å²) in [6.45, 7) is 12.1. The van der Waals surface area contributed by atoms with Gasteiger partial charge in [-0.3, -0.25) is 91.1 Å². The first-order valence-corrected chi connectivity index (χ1v) is 43.5. The van der Waals surface area contributed by atoms with E-state index in [0.29, 0.717) is 44.3 Å². The number of aromatic amines is 1. The molecular weight excluding hydrogens is 1760 g/mol. The zero-order chi connectivity index (χ0) is 98.9. The first-order chi connectivity index (χ1) is 62.4. The van der Waals surface area contributed by atoms with Gasteiger partial charge >= 0.3 is 0 Å². The second-order valence-electron chi connectivity index (χ2n) is 33.8. The Labute approximate surface area is 778 Å². The minimum atomic E-state index is -2.05. The Kier molecular flexibility index (Phi) is 41.1. The van der Waals surface area contributed by atoms with Crippen LogP contribution in [-0.4, -0.2) is 236 Å². The Hall–Kier alpha value is -13.7. The quantitative estimate of drug-likeness (QED) is 0.0128. The van der Waals surface area contributed by atoms with Crippen molar-refractivity contribution in [1.29, 1.82) is 0 Å². The van der Waals surface area contributed by atoms with Gasteiger partial charge in [-0.1, -0.05) is 103 Å². The summed E-state index contributed by atoms with van der Waals surface area (Å²) in [4.78, 5) is 266. The summed E-state index contributed by atoms with van der Waals surface area (Å²) in [5, 5.41) is 48.6. The lowest BCUT2D eigenvalue weighted by atomic mass is 9.97. The number of aromatic nitrogens is 1. The molecule has 1 aromatic heterocycles. The fraction of sp³-hybridized carbons (Fsp3) is 0.449. The van der Waals surface area contributed by atoms with Gasteiger partial charge in [0.25, 0.3) is 0 Å². The van der Waals surface area contributed by atoms with Crippen LogP contribution in [0.5, 0.6) is 5.75 Å². The molecule has 13 atom stereocenters. The number of H-pyrrole nitrogens is 1. The van der Waals surface area contributed by atoms with E-state index in [-0.39, 0.29) is 64.1 Å². The molecule has 0 unspecified atom stereocenters. The maximum Gasteiger partial charge on any atom is 0.245 e. The Balaban J connectivity index is 1.33. The number of benzene rings is 5. The van der Waals surface area contributed by atoms with Crippen LogP contribution >= 0.6 is 25.3 Å². The fourth-order valence-corrected chi connectivity index (χ4v) is 14.3. The number of ether oxygens (including phenoxy) is 1. The number of carbonyl (C=O) groups is 19. The average molecular weight is 1890 g/mol. The van der Waals surface area contributed by atoms with Gasteiger partial charge in [-0.25, -0.2) is 0 Å². The molecule has 42 nitrogen and oxygen atoms in total. The van der Waals surface area contributed by atoms with Gasteiger partial charge in [-0.05, 0) is 125 Å². The van der Waals surface area contributed by atoms with Crippen molar-refractivity contribution >= 4 is 159 Å². The monoisotopic (exact) mass is 1880 g/mol. The Morgan fingerprint density at radius 2 is 0.857 bits per heavy atom. The third-order valence-electron chi connectivity index (χ3n) is 20.9. The van der Waals surface area contributed by atoms with Crippen molar-refractivity contribution in [2.75, 3.05) is 19.7 Å². The van der Waals surface area contributed by atoms with Crippen molar-refractivity contribution < 1.29 is 101 Å². The van der Waals surface area contributed by atoms with E-state index in [9.17, 15) is 72.2 Å². The third-order valence-corrected chi connectivity index (χ3v) is 21.4. The Morgan fingerprint density at radius 1 is 0.421 bits per heavy atom. The van der Waals surface area contributed by atoms with Crippen LogP contribution in [-0.2, 0) is 117 Å². The summed E-state index contributed by atoms with van der Waals surface area (Å²) in [6.07, 6.45) is -5.11. The molecule has 44 heteroatoms. The molecule has 6 rings (SSSR count). The predicted octanol–water partition coefficient (Wildman–Crippen LogP) is -3.86. The van der Waals surface area contributed by atoms with Crippen LogP contribution in [0.25, 0.3) is 21.7 Å². The molecule has 0 saturated heterocycles. The highest BCUT2D eigenvalue weighted by Gasteiger charge is 2.44. The van der Waals surface area contributed by atoms with Crippen molar-refractivity contribution in [3.8, 4) is 5.75 Å². The molecule has 0 saturated carbocycles. The first kappa shape index (κ1) is 108. The van der Waals surface area contributed by atoms with Crippen molar-refractivity contribution in [2.24, 2.45) is 34.4 Å². The molecule has 0 aliphatic carbocycles. The molecule has 0 fully saturated rings. The third kappa shape index (κ3) is 35.5. The van der Waals surface area contributed by atoms with E-state index in [1.54, 1.807) is 115 Å². The number of aliphatic hydroxyl groups is 1. The van der Waals surface area contributed by atoms with E-state index in [1.165, 1.54) is 61.6 Å². The van der Waals surface area contributed by atoms with Gasteiger partial charge in [0, 0.05) is 85.6 Å². The van der Waals surface area contributed by atoms with E-state index in [1.807, 2.05) is 6.07 Å². The highest BCUT2D eigenvalue weighted by Crippen LogP contribution is 2.25. The number of fused-ring (bicyclic) bond motifs is 2. The standard InChI is InChI=1S/C89H121N21O21S2/c1-46(111)71(107-80(124)66(44-70(94)117)105-85(129)73(89(8,9)133)109-81(125)61(98-48(3)113)38-49-19-11-10-12-20-49)83(127)103-64(41-54-45-97-57-24-16-15-23-56(54)57)78(122)99-59(32-33-67(91)114)76(120)108-72(88(6,7)132)84(128)104-62(39-50-27-30-55(31-28-50)131-36-34-90)77(121)101-63(40-51-26-29-52-21-13-14-22-53(52)37-51)82(126)110-87(4,5)86(130)106-58(25-17-18-35-96-47(2)112)75(119)102-65(43-69(93)116)79(123)100-60(74(95)118)42-68(92)115/h10-16,19-24,26-31,37,45-46,58-66,71-73,97,111,132-133H,17-18,25,32-36,38-44,90H2,1-9H3,(H2,91,114)(H2,92,115)(H2,93,116)(H2,94,117)(H2,95,118)(H,96,112)(H,98,113)(H,99,122)(H,100,123)(H,101,121)(H,102,119)(H,103,127)(H,104,128)(H,105,129)(H,106,130)(H,107,124)(H,108,120)(H,109,125)(H,110,126)/t46-,58+,59+,60+,61-,62+,63+,64+,65+,66+,71+,72-,73-/m1/s1. The van der Waals surface area contributed by atoms with Crippen molar-refractivity contribution in [3.63, 3.8) is 0 Å². The van der Waals surface area contributed by atoms with E-state index in [4.69, 9.17) is 51.8 Å². The van der Waals surface area contributed by atoms with Gasteiger partial charge in [0.2, 0.25) is 112 Å². The number of thiol groups is 2. The van der Waals surface area contributed by atoms with Crippen LogP contribution in [0.1, 0.15) is 136 Å². The number of hydrogen-bond donors (Lipinski definition) is 24. The molecule has 6 aromatic rings. The Bertz CT molecular complexity index is 5200. The summed E-state index contributed by atoms with van der Waals surface area (Å²) in [7, 11) is 0. The van der Waals surface area contributed by atoms with Crippen LogP contribution in [0.15, 0.2) is 128 Å². The molecule has 0 spiro atoms. The smallest absolute Gasteiger partial charge is 0.245 e. The molecule has 0 aliphatic heterocycles. The second-order valence-corrected chi connectivity index (χ2v) is 36.1. The molecule has 0 bridgehead atoms. The summed E-state index contributed by atoms with van der Waals surface area (Å²) in [5.74, 6) is -19.4. The van der Waals surface area contributed by atoms with Gasteiger partial charge in [-0.15, -0.1) is 0 Å². The zero-order valence-corrected chi connectivity index (χ0v) is 77.0. The number of nitrogens with two attached hydrogens (primary N) is 6. The number of carbonyl (C=O) groups excluding carboxylic acids is 19. The van der Waals surface area contributed by atoms with Crippen LogP contribution in [0.3, 0.4) is 0 Å². The highest BCUT2D eigenvalue weighted by atomic mass is 32.1. The number of rotatable bonds is 54. The van der Waals surface area contributed by atoms with E-state index in [0.717, 1.165) is 12.3 Å². The van der Waals surface area contributed by atoms with Crippen molar-refractivity contribution in [2.45, 2.75) is 233 Å². The number of unbranched alkanes of at least 4 members (excludes halogenated alkanes) is 1. The van der Waals surface area contributed by atoms with Crippen LogP contribution in [0.2, 0.25) is 0 Å². The van der Waals surface area contributed by atoms with E-state index in [2.05, 4.69) is 92.0 Å². The number of aliphatic hydroxyl groups excluding tert-OH is 1. The van der Waals surface area contributed by atoms with Crippen LogP contribution in [0.4, 0.5) is 0 Å². The lowest BCUT2D eigenvalue weighted by molar-refractivity contribution is -0.138. The lowest BCUT2D eigenvalue weighted by Gasteiger charge is -2.33. The predicted molar refractivity (Wildman–Crippen MR) is 495 cm³/mol. The Morgan fingerprint density at radius 3 is 1.41 bits per heavy atom. The molecule has 0 aliphatic rings. The van der Waals surface area contributed by atoms with Crippen LogP contribution in [0, 0.1) is 0 Å². The number of primary amides is 5. The summed E-state index contributed by atoms with van der Waals surface area (Å²) >= 11 is 9.30. The summed E-state index contributed by atoms with van der Waals surface area (Å²) in [5.41, 5.74) is 33.5. The highest BCUT2D eigenvalue weighted by molar-refractivity contribution is 7.82. The fourth-order valence-electron chi connectivity index (χ4n) is 13.9. The zero-order valence-electron chi connectivity index (χ0n) is 75.2. The molecule has 720 valence electrons.